The first-order valence-electron chi connectivity index (χ1n) is 14.5. The molecule has 4 aliphatic rings. The Morgan fingerprint density at radius 1 is 1.15 bits per heavy atom. The summed E-state index contributed by atoms with van der Waals surface area (Å²) in [5.41, 5.74) is 3.55. The molecule has 0 bridgehead atoms. The highest BCUT2D eigenvalue weighted by molar-refractivity contribution is 5.96. The van der Waals surface area contributed by atoms with E-state index in [4.69, 9.17) is 19.2 Å². The predicted molar refractivity (Wildman–Crippen MR) is 156 cm³/mol. The number of carbonyl (C=O) groups excluding carboxylic acids is 1. The fourth-order valence-corrected chi connectivity index (χ4v) is 6.56. The van der Waals surface area contributed by atoms with E-state index < -0.39 is 11.6 Å². The van der Waals surface area contributed by atoms with Gasteiger partial charge in [-0.25, -0.2) is 14.8 Å². The van der Waals surface area contributed by atoms with Crippen LogP contribution in [-0.2, 0) is 22.4 Å². The normalized spacial score (nSPS) is 23.2. The quantitative estimate of drug-likeness (QED) is 0.370. The number of aliphatic hydroxyl groups excluding tert-OH is 1. The van der Waals surface area contributed by atoms with Gasteiger partial charge in [-0.3, -0.25) is 0 Å². The second-order valence-electron chi connectivity index (χ2n) is 11.2. The number of carbonyl (C=O) groups is 1. The number of aliphatic imine (C=N–C) groups is 2. The molecular weight excluding hydrogens is 506 g/mol. The van der Waals surface area contributed by atoms with E-state index >= 15 is 0 Å². The third-order valence-corrected chi connectivity index (χ3v) is 8.85. The monoisotopic (exact) mass is 547 g/mol. The zero-order valence-corrected chi connectivity index (χ0v) is 24.2. The Hall–Kier alpha value is -3.55. The molecule has 0 amide bonds. The molecule has 214 valence electrons. The van der Waals surface area contributed by atoms with Crippen molar-refractivity contribution >= 4 is 18.1 Å². The highest BCUT2D eigenvalue weighted by atomic mass is 16.6. The maximum absolute atomic E-state index is 13.6. The number of esters is 1. The smallest absolute Gasteiger partial charge is 0.338 e. The lowest BCUT2D eigenvalue weighted by molar-refractivity contribution is -0.167. The van der Waals surface area contributed by atoms with Crippen LogP contribution in [0.5, 0.6) is 11.5 Å². The van der Waals surface area contributed by atoms with Gasteiger partial charge < -0.3 is 24.2 Å². The average Bonchev–Trinajstić information content (AvgIpc) is 3.42. The summed E-state index contributed by atoms with van der Waals surface area (Å²) in [6.07, 6.45) is 13.4. The van der Waals surface area contributed by atoms with Crippen molar-refractivity contribution in [3.05, 3.63) is 58.1 Å². The number of nitrogens with zero attached hydrogens (tertiary/aromatic N) is 3. The van der Waals surface area contributed by atoms with Gasteiger partial charge in [0.25, 0.3) is 0 Å². The summed E-state index contributed by atoms with van der Waals surface area (Å²) in [7, 11) is 3.34. The summed E-state index contributed by atoms with van der Waals surface area (Å²) in [4.78, 5) is 24.8. The van der Waals surface area contributed by atoms with Crippen molar-refractivity contribution in [1.29, 1.82) is 0 Å². The Morgan fingerprint density at radius 2 is 1.90 bits per heavy atom. The lowest BCUT2D eigenvalue weighted by Crippen LogP contribution is -2.46. The van der Waals surface area contributed by atoms with Gasteiger partial charge in [-0.2, -0.15) is 0 Å². The van der Waals surface area contributed by atoms with E-state index in [9.17, 15) is 9.90 Å². The minimum atomic E-state index is -0.741. The first-order valence-corrected chi connectivity index (χ1v) is 14.5. The Balaban J connectivity index is 1.40. The maximum Gasteiger partial charge on any atom is 0.338 e. The van der Waals surface area contributed by atoms with E-state index in [2.05, 4.69) is 22.9 Å². The average molecular weight is 548 g/mol. The number of allylic oxidation sites excluding steroid dienone is 3. The van der Waals surface area contributed by atoms with Crippen molar-refractivity contribution in [2.45, 2.75) is 83.7 Å². The molecule has 3 heterocycles. The summed E-state index contributed by atoms with van der Waals surface area (Å²) in [6, 6.07) is 4.08. The third kappa shape index (κ3) is 5.54. The number of benzene rings is 1. The van der Waals surface area contributed by atoms with Crippen LogP contribution in [0.15, 0.2) is 57.0 Å². The number of ether oxygens (including phenoxy) is 3. The first kappa shape index (κ1) is 28.0. The van der Waals surface area contributed by atoms with Gasteiger partial charge in [0, 0.05) is 43.1 Å². The fraction of sp³-hybridized carbons (Fsp3) is 0.531. The number of guanidine groups is 1. The minimum absolute atomic E-state index is 0.129. The zero-order chi connectivity index (χ0) is 28.3. The number of hydrogen-bond donors (Lipinski definition) is 1. The Kier molecular flexibility index (Phi) is 8.33. The number of aliphatic hydroxyl groups is 1. The summed E-state index contributed by atoms with van der Waals surface area (Å²) in [6.45, 7) is 4.91. The van der Waals surface area contributed by atoms with Gasteiger partial charge >= 0.3 is 5.97 Å². The minimum Gasteiger partial charge on any atom is -0.512 e. The molecule has 1 aromatic carbocycles. The molecule has 1 N–H and O–H groups in total. The van der Waals surface area contributed by atoms with Crippen LogP contribution in [0.4, 0.5) is 0 Å². The number of aryl methyl sites for hydroxylation is 2. The summed E-state index contributed by atoms with van der Waals surface area (Å²) in [5.74, 6) is 2.11. The predicted octanol–water partition coefficient (Wildman–Crippen LogP) is 6.21. The molecular formula is C32H41N3O5. The van der Waals surface area contributed by atoms with Gasteiger partial charge in [-0.05, 0) is 74.6 Å². The van der Waals surface area contributed by atoms with E-state index in [1.807, 2.05) is 25.1 Å². The molecule has 1 aliphatic carbocycles. The van der Waals surface area contributed by atoms with Crippen LogP contribution >= 0.6 is 0 Å². The van der Waals surface area contributed by atoms with Crippen LogP contribution in [0.2, 0.25) is 0 Å². The molecule has 1 atom stereocenters. The second kappa shape index (κ2) is 11.9. The molecule has 8 heteroatoms. The van der Waals surface area contributed by atoms with Crippen LogP contribution in [-0.4, -0.2) is 54.5 Å². The lowest BCUT2D eigenvalue weighted by atomic mass is 9.76. The van der Waals surface area contributed by atoms with Gasteiger partial charge in [0.15, 0.2) is 0 Å². The highest BCUT2D eigenvalue weighted by Crippen LogP contribution is 2.47. The van der Waals surface area contributed by atoms with Crippen LogP contribution in [0, 0.1) is 5.92 Å². The molecule has 8 nitrogen and oxygen atoms in total. The van der Waals surface area contributed by atoms with Gasteiger partial charge in [-0.15, -0.1) is 0 Å². The van der Waals surface area contributed by atoms with Crippen LogP contribution in [0.1, 0.15) is 76.3 Å². The van der Waals surface area contributed by atoms with E-state index in [0.29, 0.717) is 30.8 Å². The van der Waals surface area contributed by atoms with E-state index in [1.165, 1.54) is 0 Å². The third-order valence-electron chi connectivity index (χ3n) is 8.85. The van der Waals surface area contributed by atoms with Crippen LogP contribution in [0.25, 0.3) is 0 Å². The van der Waals surface area contributed by atoms with E-state index in [1.54, 1.807) is 20.4 Å². The van der Waals surface area contributed by atoms with E-state index in [0.717, 1.165) is 79.1 Å². The molecule has 1 saturated carbocycles. The first-order chi connectivity index (χ1) is 19.4. The van der Waals surface area contributed by atoms with Crippen LogP contribution in [0.3, 0.4) is 0 Å². The zero-order valence-electron chi connectivity index (χ0n) is 24.2. The number of methoxy groups -OCH3 is 2. The lowest BCUT2D eigenvalue weighted by Gasteiger charge is -2.42. The Labute approximate surface area is 237 Å². The molecule has 40 heavy (non-hydrogen) atoms. The van der Waals surface area contributed by atoms with Crippen molar-refractivity contribution in [3.8, 4) is 11.5 Å². The maximum atomic E-state index is 13.6. The molecule has 3 aliphatic heterocycles. The standard InChI is InChI=1S/C32H41N3O5/c1-5-22-17-23(29(39-4)19-28(22)38-3)12-14-32(24-9-6-7-10-24)20-27(36)26(30(37)40-32)18-25-11-8-16-35-21(2)13-15-33-31(35)34-25/h11,13,15,17,19,24,36H,5-10,12,14,16,18,20H2,1-4H3. The van der Waals surface area contributed by atoms with Crippen molar-refractivity contribution in [2.75, 3.05) is 20.8 Å². The summed E-state index contributed by atoms with van der Waals surface area (Å²) < 4.78 is 17.6. The van der Waals surface area contributed by atoms with Gasteiger partial charge in [0.1, 0.15) is 22.9 Å². The number of cyclic esters (lactones) is 1. The van der Waals surface area contributed by atoms with Crippen molar-refractivity contribution in [3.63, 3.8) is 0 Å². The summed E-state index contributed by atoms with van der Waals surface area (Å²) in [5, 5.41) is 11.4. The summed E-state index contributed by atoms with van der Waals surface area (Å²) >= 11 is 0. The van der Waals surface area contributed by atoms with Gasteiger partial charge in [-0.1, -0.05) is 25.8 Å². The van der Waals surface area contributed by atoms with Gasteiger partial charge in [0.05, 0.1) is 19.8 Å². The molecule has 0 saturated heterocycles. The van der Waals surface area contributed by atoms with E-state index in [-0.39, 0.29) is 18.1 Å². The highest BCUT2D eigenvalue weighted by Gasteiger charge is 2.48. The van der Waals surface area contributed by atoms with Crippen molar-refractivity contribution in [1.82, 2.24) is 4.90 Å². The molecule has 5 rings (SSSR count). The van der Waals surface area contributed by atoms with Crippen LogP contribution < -0.4 is 9.47 Å². The van der Waals surface area contributed by atoms with Crippen molar-refractivity contribution < 1.29 is 24.1 Å². The SMILES string of the molecule is CCc1cc(CCC2(C3CCCC3)CC(O)=C(CC3=CCCN4C(C)=CC=NC4=N3)C(=O)O2)c(OC)cc1OC. The molecule has 1 aromatic rings. The molecule has 0 radical (unpaired) electrons. The Bertz CT molecular complexity index is 1300. The molecule has 0 aromatic heterocycles. The van der Waals surface area contributed by atoms with Crippen molar-refractivity contribution in [2.24, 2.45) is 15.9 Å². The van der Waals surface area contributed by atoms with Gasteiger partial charge in [0.2, 0.25) is 5.96 Å². The molecule has 1 unspecified atom stereocenters. The molecule has 1 fully saturated rings. The fourth-order valence-electron chi connectivity index (χ4n) is 6.56. The largest absolute Gasteiger partial charge is 0.512 e. The number of hydrogen-bond acceptors (Lipinski definition) is 8. The topological polar surface area (TPSA) is 93.0 Å². The number of fused-ring (bicyclic) bond motifs is 1. The number of rotatable bonds is 9. The Morgan fingerprint density at radius 3 is 2.60 bits per heavy atom. The second-order valence-corrected chi connectivity index (χ2v) is 11.2. The molecule has 0 spiro atoms.